The van der Waals surface area contributed by atoms with Gasteiger partial charge in [-0.25, -0.2) is 14.8 Å². The lowest BCUT2D eigenvalue weighted by atomic mass is 10.1. The normalized spacial score (nSPS) is 13.7. The van der Waals surface area contributed by atoms with E-state index in [9.17, 15) is 9.59 Å². The molecule has 0 saturated carbocycles. The Morgan fingerprint density at radius 3 is 2.76 bits per heavy atom. The summed E-state index contributed by atoms with van der Waals surface area (Å²) in [7, 11) is 0. The molecule has 1 saturated heterocycles. The number of morpholine rings is 1. The molecular formula is C29H28N4O5. The first-order valence-corrected chi connectivity index (χ1v) is 12.4. The number of fused-ring (bicyclic) bond motifs is 1. The fourth-order valence-corrected chi connectivity index (χ4v) is 4.42. The van der Waals surface area contributed by atoms with Crippen molar-refractivity contribution in [2.24, 2.45) is 0 Å². The van der Waals surface area contributed by atoms with Crippen molar-refractivity contribution in [3.63, 3.8) is 0 Å². The van der Waals surface area contributed by atoms with Gasteiger partial charge in [0.1, 0.15) is 23.5 Å². The molecule has 2 aromatic heterocycles. The van der Waals surface area contributed by atoms with Gasteiger partial charge in [-0.1, -0.05) is 24.3 Å². The van der Waals surface area contributed by atoms with E-state index in [2.05, 4.69) is 15.3 Å². The fraction of sp³-hybridized carbons (Fsp3) is 0.241. The summed E-state index contributed by atoms with van der Waals surface area (Å²) in [5.74, 6) is 0.769. The quantitative estimate of drug-likeness (QED) is 0.199. The number of aromatic nitrogens is 2. The Balaban J connectivity index is 1.48. The second-order valence-corrected chi connectivity index (χ2v) is 8.75. The van der Waals surface area contributed by atoms with Crippen molar-refractivity contribution in [3.8, 4) is 17.0 Å². The van der Waals surface area contributed by atoms with Crippen LogP contribution in [0.4, 0.5) is 17.3 Å². The molecule has 38 heavy (non-hydrogen) atoms. The van der Waals surface area contributed by atoms with E-state index in [0.717, 1.165) is 11.3 Å². The van der Waals surface area contributed by atoms with Crippen molar-refractivity contribution in [1.82, 2.24) is 9.97 Å². The molecule has 1 aliphatic rings. The van der Waals surface area contributed by atoms with E-state index >= 15 is 0 Å². The zero-order valence-corrected chi connectivity index (χ0v) is 21.3. The molecule has 0 bridgehead atoms. The third kappa shape index (κ3) is 5.28. The molecule has 0 radical (unpaired) electrons. The van der Waals surface area contributed by atoms with Crippen LogP contribution in [-0.2, 0) is 4.74 Å². The van der Waals surface area contributed by atoms with E-state index in [-0.39, 0.29) is 11.3 Å². The summed E-state index contributed by atoms with van der Waals surface area (Å²) >= 11 is 0. The molecule has 1 N–H and O–H groups in total. The molecule has 5 rings (SSSR count). The largest absolute Gasteiger partial charge is 0.489 e. The highest BCUT2D eigenvalue weighted by Gasteiger charge is 2.24. The number of ether oxygens (including phenoxy) is 2. The second-order valence-electron chi connectivity index (χ2n) is 8.75. The lowest BCUT2D eigenvalue weighted by molar-refractivity contribution is 0.101. The highest BCUT2D eigenvalue weighted by Crippen LogP contribution is 2.33. The van der Waals surface area contributed by atoms with E-state index in [1.807, 2.05) is 66.4 Å². The topological polar surface area (TPSA) is 107 Å². The zero-order valence-electron chi connectivity index (χ0n) is 21.3. The first-order valence-electron chi connectivity index (χ1n) is 12.4. The summed E-state index contributed by atoms with van der Waals surface area (Å²) in [4.78, 5) is 36.2. The lowest BCUT2D eigenvalue weighted by Gasteiger charge is -2.30. The van der Waals surface area contributed by atoms with Gasteiger partial charge in [-0.2, -0.15) is 0 Å². The van der Waals surface area contributed by atoms with Crippen LogP contribution >= 0.6 is 0 Å². The van der Waals surface area contributed by atoms with Crippen LogP contribution in [-0.4, -0.2) is 48.7 Å². The molecule has 1 aliphatic heterocycles. The average Bonchev–Trinajstić information content (AvgIpc) is 2.93. The van der Waals surface area contributed by atoms with Gasteiger partial charge in [0.25, 0.3) is 0 Å². The summed E-state index contributed by atoms with van der Waals surface area (Å²) in [6.07, 6.45) is 5.54. The minimum atomic E-state index is -0.656. The van der Waals surface area contributed by atoms with Gasteiger partial charge in [0.15, 0.2) is 5.78 Å². The summed E-state index contributed by atoms with van der Waals surface area (Å²) in [6, 6.07) is 14.9. The van der Waals surface area contributed by atoms with E-state index in [0.29, 0.717) is 66.9 Å². The number of allylic oxidation sites excluding steroid dienone is 1. The van der Waals surface area contributed by atoms with Crippen molar-refractivity contribution in [2.75, 3.05) is 43.1 Å². The lowest BCUT2D eigenvalue weighted by Crippen LogP contribution is -2.38. The molecule has 0 aliphatic carbocycles. The SMILES string of the molecule is CC=CCOc1ccccc1-c1ccnc(Nc2ccc3c(N4CCOCC4)c(C(C)=O)c(=O)oc3c2)n1. The van der Waals surface area contributed by atoms with Gasteiger partial charge in [-0.3, -0.25) is 4.79 Å². The predicted octanol–water partition coefficient (Wildman–Crippen LogP) is 4.99. The van der Waals surface area contributed by atoms with Gasteiger partial charge in [-0.15, -0.1) is 0 Å². The maximum absolute atomic E-state index is 12.8. The van der Waals surface area contributed by atoms with E-state index in [4.69, 9.17) is 13.9 Å². The number of para-hydroxylation sites is 1. The number of nitrogens with one attached hydrogen (secondary N) is 1. The molecule has 9 heteroatoms. The summed E-state index contributed by atoms with van der Waals surface area (Å²) in [5, 5.41) is 3.88. The van der Waals surface area contributed by atoms with Gasteiger partial charge in [0.2, 0.25) is 5.95 Å². The third-order valence-electron chi connectivity index (χ3n) is 6.21. The Bertz CT molecular complexity index is 1560. The summed E-state index contributed by atoms with van der Waals surface area (Å²) in [5.41, 5.74) is 2.55. The minimum Gasteiger partial charge on any atom is -0.489 e. The maximum Gasteiger partial charge on any atom is 0.349 e. The Hall–Kier alpha value is -4.50. The molecule has 0 unspecified atom stereocenters. The molecule has 2 aromatic carbocycles. The number of anilines is 3. The molecule has 0 spiro atoms. The molecular weight excluding hydrogens is 484 g/mol. The van der Waals surface area contributed by atoms with Crippen molar-refractivity contribution >= 4 is 34.1 Å². The van der Waals surface area contributed by atoms with Gasteiger partial charge in [-0.05, 0) is 44.2 Å². The number of carbonyl (C=O) groups excluding carboxylic acids is 1. The van der Waals surface area contributed by atoms with Gasteiger partial charge in [0.05, 0.1) is 24.6 Å². The van der Waals surface area contributed by atoms with Crippen LogP contribution in [0.2, 0.25) is 0 Å². The van der Waals surface area contributed by atoms with Gasteiger partial charge < -0.3 is 24.1 Å². The monoisotopic (exact) mass is 512 g/mol. The van der Waals surface area contributed by atoms with Crippen molar-refractivity contribution < 1.29 is 18.7 Å². The number of carbonyl (C=O) groups is 1. The maximum atomic E-state index is 12.8. The standard InChI is InChI=1S/C29H28N4O5/c1-3-4-15-37-24-8-6-5-7-21(24)23-11-12-30-29(32-23)31-20-9-10-22-25(18-20)38-28(35)26(19(2)34)27(22)33-13-16-36-17-14-33/h3-12,18H,13-17H2,1-2H3,(H,30,31,32). The third-order valence-corrected chi connectivity index (χ3v) is 6.21. The van der Waals surface area contributed by atoms with Crippen molar-refractivity contribution in [3.05, 3.63) is 82.9 Å². The predicted molar refractivity (Wildman–Crippen MR) is 147 cm³/mol. The van der Waals surface area contributed by atoms with Gasteiger partial charge >= 0.3 is 5.63 Å². The van der Waals surface area contributed by atoms with Crippen LogP contribution in [0, 0.1) is 0 Å². The molecule has 194 valence electrons. The number of hydrogen-bond donors (Lipinski definition) is 1. The van der Waals surface area contributed by atoms with Crippen molar-refractivity contribution in [2.45, 2.75) is 13.8 Å². The van der Waals surface area contributed by atoms with Crippen LogP contribution in [0.25, 0.3) is 22.2 Å². The Morgan fingerprint density at radius 2 is 1.97 bits per heavy atom. The van der Waals surface area contributed by atoms with Gasteiger partial charge in [0, 0.05) is 42.0 Å². The number of Topliss-reactive ketones (excluding diaryl/α,β-unsaturated/α-hetero) is 1. The molecule has 1 fully saturated rings. The molecule has 9 nitrogen and oxygen atoms in total. The molecule has 0 amide bonds. The number of benzene rings is 2. The Labute approximate surface area is 219 Å². The van der Waals surface area contributed by atoms with E-state index in [1.54, 1.807) is 12.3 Å². The second kappa shape index (κ2) is 11.3. The van der Waals surface area contributed by atoms with Crippen LogP contribution in [0.1, 0.15) is 24.2 Å². The smallest absolute Gasteiger partial charge is 0.349 e. The summed E-state index contributed by atoms with van der Waals surface area (Å²) in [6.45, 7) is 6.00. The first-order chi connectivity index (χ1) is 18.5. The Morgan fingerprint density at radius 1 is 1.16 bits per heavy atom. The Kier molecular flexibility index (Phi) is 7.46. The van der Waals surface area contributed by atoms with Crippen LogP contribution < -0.4 is 20.6 Å². The highest BCUT2D eigenvalue weighted by atomic mass is 16.5. The zero-order chi connectivity index (χ0) is 26.5. The first kappa shape index (κ1) is 25.2. The van der Waals surface area contributed by atoms with E-state index < -0.39 is 5.63 Å². The number of nitrogens with zero attached hydrogens (tertiary/aromatic N) is 3. The van der Waals surface area contributed by atoms with E-state index in [1.165, 1.54) is 6.92 Å². The fourth-order valence-electron chi connectivity index (χ4n) is 4.42. The summed E-state index contributed by atoms with van der Waals surface area (Å²) < 4.78 is 16.9. The van der Waals surface area contributed by atoms with Crippen molar-refractivity contribution in [1.29, 1.82) is 0 Å². The number of rotatable bonds is 8. The number of hydrogen-bond acceptors (Lipinski definition) is 9. The highest BCUT2D eigenvalue weighted by molar-refractivity contribution is 6.07. The van der Waals surface area contributed by atoms with Crippen LogP contribution in [0.5, 0.6) is 5.75 Å². The molecule has 4 aromatic rings. The minimum absolute atomic E-state index is 0.0615. The average molecular weight is 513 g/mol. The van der Waals surface area contributed by atoms with Crippen LogP contribution in [0.3, 0.4) is 0 Å². The number of ketones is 1. The van der Waals surface area contributed by atoms with Crippen LogP contribution in [0.15, 0.2) is 76.1 Å². The molecule has 3 heterocycles. The molecule has 0 atom stereocenters.